The summed E-state index contributed by atoms with van der Waals surface area (Å²) in [4.78, 5) is 57.4. The Morgan fingerprint density at radius 1 is 0.729 bits per heavy atom. The predicted octanol–water partition coefficient (Wildman–Crippen LogP) is 14.9. The van der Waals surface area contributed by atoms with Gasteiger partial charge < -0.3 is 59.6 Å². The molecular formula is C68H95N5O11S. The Morgan fingerprint density at radius 3 is 1.94 bits per heavy atom. The highest BCUT2D eigenvalue weighted by atomic mass is 32.1. The number of carbonyl (C=O) groups is 4. The highest BCUT2D eigenvalue weighted by Gasteiger charge is 2.59. The number of benzene rings is 3. The number of phenolic OH excluding ortho intramolecular Hbond substituents is 2. The average Bonchev–Trinajstić information content (AvgIpc) is 2.22. The first-order valence-electron chi connectivity index (χ1n) is 31.6. The predicted molar refractivity (Wildman–Crippen MR) is 333 cm³/mol. The molecule has 9 rings (SSSR count). The number of hydrogen-bond acceptors (Lipinski definition) is 12. The third kappa shape index (κ3) is 14.5. The lowest BCUT2D eigenvalue weighted by molar-refractivity contribution is -0.0519. The molecule has 6 aliphatic rings. The molecule has 0 bridgehead atoms. The molecule has 3 aromatic carbocycles. The van der Waals surface area contributed by atoms with Crippen LogP contribution in [-0.4, -0.2) is 106 Å². The first-order chi connectivity index (χ1) is 40.3. The van der Waals surface area contributed by atoms with Gasteiger partial charge in [0.05, 0.1) is 5.56 Å². The lowest BCUT2D eigenvalue weighted by Crippen LogP contribution is -2.50. The van der Waals surface area contributed by atoms with Gasteiger partial charge in [0.15, 0.2) is 10.7 Å². The molecule has 3 aromatic rings. The zero-order valence-electron chi connectivity index (χ0n) is 52.2. The summed E-state index contributed by atoms with van der Waals surface area (Å²) in [5.41, 5.74) is 1.84. The lowest BCUT2D eigenvalue weighted by Gasteiger charge is -2.58. The van der Waals surface area contributed by atoms with Gasteiger partial charge in [-0.25, -0.2) is 19.2 Å². The maximum absolute atomic E-state index is 13.7. The quantitative estimate of drug-likeness (QED) is 0.0235. The maximum atomic E-state index is 13.7. The number of allylic oxidation sites excluding steroid dienone is 1. The van der Waals surface area contributed by atoms with Crippen molar-refractivity contribution in [2.75, 3.05) is 44.6 Å². The van der Waals surface area contributed by atoms with E-state index >= 15 is 0 Å². The van der Waals surface area contributed by atoms with Crippen LogP contribution < -0.4 is 20.7 Å². The fourth-order valence-corrected chi connectivity index (χ4v) is 15.4. The summed E-state index contributed by atoms with van der Waals surface area (Å²) in [6.07, 6.45) is 18.2. The number of anilines is 1. The van der Waals surface area contributed by atoms with Gasteiger partial charge >= 0.3 is 24.2 Å². The van der Waals surface area contributed by atoms with Crippen molar-refractivity contribution in [1.29, 1.82) is 0 Å². The van der Waals surface area contributed by atoms with Crippen LogP contribution in [0.1, 0.15) is 199 Å². The topological polar surface area (TPSA) is 197 Å². The molecule has 3 fully saturated rings. The van der Waals surface area contributed by atoms with E-state index in [2.05, 4.69) is 49.7 Å². The molecule has 16 nitrogen and oxygen atoms in total. The van der Waals surface area contributed by atoms with Crippen LogP contribution >= 0.6 is 12.2 Å². The molecule has 17 heteroatoms. The van der Waals surface area contributed by atoms with E-state index in [1.54, 1.807) is 40.1 Å². The number of thiocarbonyl (C=S) groups is 1. The number of nitrogens with zero attached hydrogens (tertiary/aromatic N) is 2. The van der Waals surface area contributed by atoms with Crippen molar-refractivity contribution in [3.63, 3.8) is 0 Å². The Hall–Kier alpha value is -6.23. The second-order valence-electron chi connectivity index (χ2n) is 28.0. The van der Waals surface area contributed by atoms with Gasteiger partial charge in [-0.1, -0.05) is 64.7 Å². The molecule has 7 unspecified atom stereocenters. The summed E-state index contributed by atoms with van der Waals surface area (Å²) in [5.74, 6) is 3.92. The van der Waals surface area contributed by atoms with E-state index in [0.29, 0.717) is 121 Å². The van der Waals surface area contributed by atoms with Crippen molar-refractivity contribution in [3.8, 4) is 23.0 Å². The molecule has 0 saturated heterocycles. The van der Waals surface area contributed by atoms with Crippen LogP contribution in [-0.2, 0) is 24.5 Å². The minimum atomic E-state index is -1.39. The largest absolute Gasteiger partial charge is 0.508 e. The number of aromatic hydroxyl groups is 2. The second-order valence-corrected chi connectivity index (χ2v) is 28.4. The minimum absolute atomic E-state index is 0.0293. The van der Waals surface area contributed by atoms with Crippen molar-refractivity contribution < 1.29 is 53.1 Å². The first kappa shape index (κ1) is 63.3. The molecule has 0 radical (unpaired) electrons. The smallest absolute Gasteiger partial charge is 0.410 e. The van der Waals surface area contributed by atoms with Crippen molar-refractivity contribution >= 4 is 47.3 Å². The Bertz CT molecular complexity index is 2920. The number of rotatable bonds is 20. The number of carbonyl (C=O) groups excluding carboxylic acids is 4. The number of unbranched alkanes of at least 4 members (excludes halogenated alkanes) is 2. The van der Waals surface area contributed by atoms with E-state index in [-0.39, 0.29) is 23.0 Å². The third-order valence-corrected chi connectivity index (χ3v) is 19.6. The standard InChI is InChI=1S/C68H95N5O11S/c1-43(2)17-11-12-18-44-20-25-52-50-24-19-45-39-49(29-31-67(45,10)53(50)30-32-66(44,52)9)80-61(77)70-34-16-38-73(63(79)84-65(6,7)8)36-14-13-35-72(62(78)83-64(3,4)5)37-15-33-69-60(85)71-46-21-26-54-51(40-46)59(76)82-68(54)55-27-22-47(74)41-57(55)81-58-42-48(75)23-28-56(58)68/h19,21-23,26-28,40-44,49-50,52-53,74-75H,11-18,20,24-25,29-39H2,1-10H3,(H,70,77)(H2,69,71,85). The number of alkyl carbamates (subject to hydrolysis) is 1. The van der Waals surface area contributed by atoms with Gasteiger partial charge in [0.2, 0.25) is 0 Å². The van der Waals surface area contributed by atoms with Gasteiger partial charge in [0.1, 0.15) is 40.3 Å². The fraction of sp³-hybridized carbons (Fsp3) is 0.632. The summed E-state index contributed by atoms with van der Waals surface area (Å²) in [7, 11) is 0. The Labute approximate surface area is 509 Å². The molecule has 464 valence electrons. The van der Waals surface area contributed by atoms with Crippen LogP contribution in [0.3, 0.4) is 0 Å². The molecule has 85 heavy (non-hydrogen) atoms. The van der Waals surface area contributed by atoms with Crippen LogP contribution in [0, 0.1) is 40.4 Å². The molecule has 3 saturated carbocycles. The van der Waals surface area contributed by atoms with Gasteiger partial charge in [0, 0.05) is 80.2 Å². The zero-order valence-corrected chi connectivity index (χ0v) is 53.0. The van der Waals surface area contributed by atoms with Crippen LogP contribution in [0.5, 0.6) is 23.0 Å². The Kier molecular flexibility index (Phi) is 19.4. The molecular weight excluding hydrogens is 1090 g/mol. The SMILES string of the molecule is CC(C)CCCCC1CCC2C3CC=C4CC(OC(=O)NCCCN(CCCCN(CCCNC(=S)Nc5ccc6c(c5)C(=O)OC65c6ccc(O)cc6Oc6cc(O)ccc65)C(=O)OC(C)(C)C)C(=O)OC(C)(C)C)CCC4(C)C3CCC12C. The first-order valence-corrected chi connectivity index (χ1v) is 32.0. The van der Waals surface area contributed by atoms with Crippen LogP contribution in [0.4, 0.5) is 20.1 Å². The summed E-state index contributed by atoms with van der Waals surface area (Å²) in [6.45, 7) is 23.1. The van der Waals surface area contributed by atoms with Crippen LogP contribution in [0.25, 0.3) is 0 Å². The molecule has 3 amide bonds. The van der Waals surface area contributed by atoms with Crippen molar-refractivity contribution in [3.05, 3.63) is 88.5 Å². The minimum Gasteiger partial charge on any atom is -0.508 e. The van der Waals surface area contributed by atoms with Gasteiger partial charge in [-0.05, 0) is 208 Å². The summed E-state index contributed by atoms with van der Waals surface area (Å²) >= 11 is 5.67. The normalized spacial score (nSPS) is 24.2. The third-order valence-electron chi connectivity index (χ3n) is 19.3. The van der Waals surface area contributed by atoms with Crippen LogP contribution in [0.15, 0.2) is 66.2 Å². The van der Waals surface area contributed by atoms with E-state index in [0.717, 1.165) is 49.4 Å². The molecule has 5 N–H and O–H groups in total. The summed E-state index contributed by atoms with van der Waals surface area (Å²) < 4.78 is 30.0. The van der Waals surface area contributed by atoms with Crippen LogP contribution in [0.2, 0.25) is 0 Å². The number of fused-ring (bicyclic) bond motifs is 11. The van der Waals surface area contributed by atoms with E-state index < -0.39 is 41.1 Å². The summed E-state index contributed by atoms with van der Waals surface area (Å²) in [5, 5.41) is 30.2. The van der Waals surface area contributed by atoms with E-state index in [9.17, 15) is 29.4 Å². The van der Waals surface area contributed by atoms with E-state index in [1.165, 1.54) is 81.2 Å². The molecule has 4 aliphatic carbocycles. The average molecular weight is 1190 g/mol. The zero-order chi connectivity index (χ0) is 61.1. The summed E-state index contributed by atoms with van der Waals surface area (Å²) in [6, 6.07) is 14.5. The molecule has 2 aliphatic heterocycles. The second kappa shape index (κ2) is 26.0. The highest BCUT2D eigenvalue weighted by Crippen LogP contribution is 2.67. The van der Waals surface area contributed by atoms with Gasteiger partial charge in [-0.15, -0.1) is 0 Å². The van der Waals surface area contributed by atoms with E-state index in [1.807, 2.05) is 41.5 Å². The van der Waals surface area contributed by atoms with Crippen molar-refractivity contribution in [1.82, 2.24) is 20.4 Å². The van der Waals surface area contributed by atoms with Gasteiger partial charge in [-0.2, -0.15) is 0 Å². The number of amides is 3. The monoisotopic (exact) mass is 1190 g/mol. The van der Waals surface area contributed by atoms with Crippen molar-refractivity contribution in [2.45, 2.75) is 195 Å². The molecule has 2 heterocycles. The number of ether oxygens (including phenoxy) is 5. The molecule has 0 aromatic heterocycles. The highest BCUT2D eigenvalue weighted by molar-refractivity contribution is 7.80. The Balaban J connectivity index is 0.723. The number of hydrogen-bond donors (Lipinski definition) is 5. The fourth-order valence-electron chi connectivity index (χ4n) is 15.2. The van der Waals surface area contributed by atoms with Gasteiger partial charge in [-0.3, -0.25) is 0 Å². The molecule has 1 spiro atoms. The van der Waals surface area contributed by atoms with Crippen molar-refractivity contribution in [2.24, 2.45) is 40.4 Å². The van der Waals surface area contributed by atoms with Gasteiger partial charge in [0.25, 0.3) is 0 Å². The molecule has 7 atom stereocenters. The number of phenols is 2. The Morgan fingerprint density at radius 2 is 1.33 bits per heavy atom. The van der Waals surface area contributed by atoms with E-state index in [4.69, 9.17) is 35.9 Å². The maximum Gasteiger partial charge on any atom is 0.410 e. The lowest BCUT2D eigenvalue weighted by atomic mass is 9.47. The number of nitrogens with one attached hydrogen (secondary N) is 3. The number of esters is 1.